The van der Waals surface area contributed by atoms with E-state index in [0.29, 0.717) is 0 Å². The van der Waals surface area contributed by atoms with Crippen LogP contribution in [-0.4, -0.2) is 0 Å². The summed E-state index contributed by atoms with van der Waals surface area (Å²) in [6, 6.07) is 86.4. The highest BCUT2D eigenvalue weighted by Gasteiger charge is 2.28. The smallest absolute Gasteiger partial charge is 0.159 e. The minimum atomic E-state index is 0.816. The molecule has 15 rings (SSSR count). The van der Waals surface area contributed by atoms with Crippen molar-refractivity contribution in [1.29, 1.82) is 0 Å². The minimum absolute atomic E-state index is 0.816. The first-order valence-electron chi connectivity index (χ1n) is 25.6. The van der Waals surface area contributed by atoms with Gasteiger partial charge in [-0.3, -0.25) is 0 Å². The lowest BCUT2D eigenvalue weighted by molar-refractivity contribution is 0.670. The van der Waals surface area contributed by atoms with Gasteiger partial charge in [-0.1, -0.05) is 194 Å². The van der Waals surface area contributed by atoms with Crippen LogP contribution >= 0.6 is 0 Å². The highest BCUT2D eigenvalue weighted by atomic mass is 16.3. The van der Waals surface area contributed by atoms with Crippen LogP contribution in [0.1, 0.15) is 11.1 Å². The van der Waals surface area contributed by atoms with Crippen LogP contribution in [0.5, 0.6) is 0 Å². The van der Waals surface area contributed by atoms with E-state index in [0.717, 1.165) is 155 Å². The number of hydrogen-bond acceptors (Lipinski definition) is 5. The third kappa shape index (κ3) is 6.71. The van der Waals surface area contributed by atoms with Crippen LogP contribution in [-0.2, 0) is 0 Å². The van der Waals surface area contributed by atoms with E-state index >= 15 is 0 Å². The number of nitrogens with zero attached hydrogens (tertiary/aromatic N) is 2. The summed E-state index contributed by atoms with van der Waals surface area (Å²) in [6.07, 6.45) is 0. The van der Waals surface area contributed by atoms with E-state index in [1.165, 1.54) is 0 Å². The molecule has 0 aliphatic rings. The van der Waals surface area contributed by atoms with Crippen LogP contribution in [0.15, 0.2) is 256 Å². The zero-order chi connectivity index (χ0) is 49.7. The Morgan fingerprint density at radius 3 is 1.00 bits per heavy atom. The summed E-state index contributed by atoms with van der Waals surface area (Å²) in [4.78, 5) is 4.76. The maximum absolute atomic E-state index is 7.27. The normalized spacial score (nSPS) is 11.9. The predicted octanol–water partition coefficient (Wildman–Crippen LogP) is 20.6. The number of rotatable bonds is 8. The van der Waals surface area contributed by atoms with Crippen molar-refractivity contribution < 1.29 is 13.3 Å². The molecule has 0 atom stereocenters. The second-order valence-corrected chi connectivity index (χ2v) is 19.7. The summed E-state index contributed by atoms with van der Waals surface area (Å²) in [5.74, 6) is 0. The average molecular weight is 963 g/mol. The van der Waals surface area contributed by atoms with Gasteiger partial charge in [-0.15, -0.1) is 0 Å². The molecule has 0 spiro atoms. The molecule has 0 bridgehead atoms. The van der Waals surface area contributed by atoms with Gasteiger partial charge in [-0.05, 0) is 84.6 Å². The van der Waals surface area contributed by atoms with E-state index in [4.69, 9.17) is 13.3 Å². The van der Waals surface area contributed by atoms with Gasteiger partial charge in [-0.25, -0.2) is 0 Å². The molecule has 75 heavy (non-hydrogen) atoms. The molecule has 0 unspecified atom stereocenters. The molecule has 3 heterocycles. The minimum Gasteiger partial charge on any atom is -0.455 e. The lowest BCUT2D eigenvalue weighted by Crippen LogP contribution is -2.11. The standard InChI is InChI=1S/C70H46N2O3/c1-43-19-13-25-47(39-43)71(61-37-17-35-57-55-33-15-31-49(65(55)74-69(57)61)45-21-5-3-6-22-45)63-41-59-60-42-64(52-28-10-12-30-54(52)68(60)73-67(59)53-29-11-9-27-51(53)63)72(48-26-14-20-44(2)40-48)62-38-18-36-58-56-34-16-32-50(66(56)75-70(58)62)46-23-7-4-8-24-46/h3-42H,1-2H3. The van der Waals surface area contributed by atoms with Crippen molar-refractivity contribution in [2.75, 3.05) is 9.80 Å². The van der Waals surface area contributed by atoms with Gasteiger partial charge >= 0.3 is 0 Å². The molecular formula is C70H46N2O3. The van der Waals surface area contributed by atoms with Gasteiger partial charge < -0.3 is 23.1 Å². The first kappa shape index (κ1) is 42.8. The highest BCUT2D eigenvalue weighted by molar-refractivity contribution is 6.26. The van der Waals surface area contributed by atoms with Crippen LogP contribution in [0.3, 0.4) is 0 Å². The van der Waals surface area contributed by atoms with Gasteiger partial charge in [0.05, 0.1) is 22.7 Å². The lowest BCUT2D eigenvalue weighted by Gasteiger charge is -2.28. The highest BCUT2D eigenvalue weighted by Crippen LogP contribution is 2.52. The Morgan fingerprint density at radius 1 is 0.240 bits per heavy atom. The van der Waals surface area contributed by atoms with Gasteiger partial charge in [0.15, 0.2) is 11.2 Å². The summed E-state index contributed by atoms with van der Waals surface area (Å²) in [5.41, 5.74) is 17.6. The topological polar surface area (TPSA) is 45.9 Å². The van der Waals surface area contributed by atoms with Crippen LogP contribution in [0.2, 0.25) is 0 Å². The molecule has 0 radical (unpaired) electrons. The Morgan fingerprint density at radius 2 is 0.573 bits per heavy atom. The molecule has 5 heteroatoms. The maximum Gasteiger partial charge on any atom is 0.159 e. The van der Waals surface area contributed by atoms with Crippen molar-refractivity contribution in [3.8, 4) is 22.3 Å². The summed E-state index contributed by atoms with van der Waals surface area (Å²) >= 11 is 0. The fraction of sp³-hybridized carbons (Fsp3) is 0.0286. The number of fused-ring (bicyclic) bond motifs is 13. The van der Waals surface area contributed by atoms with Crippen LogP contribution in [0, 0.1) is 13.8 Å². The first-order valence-corrected chi connectivity index (χ1v) is 25.6. The molecule has 0 saturated carbocycles. The first-order chi connectivity index (χ1) is 37.0. The second kappa shape index (κ2) is 16.9. The SMILES string of the molecule is Cc1cccc(N(c2cc3c4cc(N(c5cccc(C)c5)c5cccc6c5oc5c(-c7ccccc7)cccc56)c5ccccc5c4oc3c3ccccc23)c2cccc3c2oc2c(-c4ccccc4)cccc23)c1. The number of hydrogen-bond donors (Lipinski definition) is 0. The molecule has 0 amide bonds. The Hall–Kier alpha value is -9.84. The average Bonchev–Trinajstić information content (AvgIpc) is 4.20. The molecule has 0 fully saturated rings. The van der Waals surface area contributed by atoms with Crippen molar-refractivity contribution in [2.45, 2.75) is 13.8 Å². The predicted molar refractivity (Wildman–Crippen MR) is 313 cm³/mol. The molecule has 5 nitrogen and oxygen atoms in total. The Bertz CT molecular complexity index is 4450. The Kier molecular flexibility index (Phi) is 9.63. The molecule has 0 aliphatic heterocycles. The van der Waals surface area contributed by atoms with Gasteiger partial charge in [0.2, 0.25) is 0 Å². The number of benzene rings is 12. The zero-order valence-corrected chi connectivity index (χ0v) is 41.2. The summed E-state index contributed by atoms with van der Waals surface area (Å²) in [6.45, 7) is 4.31. The molecule has 3 aromatic heterocycles. The van der Waals surface area contributed by atoms with Gasteiger partial charge in [-0.2, -0.15) is 0 Å². The lowest BCUT2D eigenvalue weighted by atomic mass is 9.98. The van der Waals surface area contributed by atoms with Crippen molar-refractivity contribution >= 4 is 121 Å². The third-order valence-electron chi connectivity index (χ3n) is 15.1. The van der Waals surface area contributed by atoms with Crippen LogP contribution in [0.25, 0.3) is 110 Å². The van der Waals surface area contributed by atoms with E-state index in [1.807, 2.05) is 0 Å². The number of para-hydroxylation sites is 4. The molecule has 0 saturated heterocycles. The largest absolute Gasteiger partial charge is 0.455 e. The van der Waals surface area contributed by atoms with Crippen molar-refractivity contribution in [2.24, 2.45) is 0 Å². The molecule has 15 aromatic rings. The van der Waals surface area contributed by atoms with Gasteiger partial charge in [0, 0.05) is 76.4 Å². The molecule has 12 aromatic carbocycles. The van der Waals surface area contributed by atoms with Gasteiger partial charge in [0.25, 0.3) is 0 Å². The van der Waals surface area contributed by atoms with Crippen molar-refractivity contribution in [3.63, 3.8) is 0 Å². The number of furan rings is 3. The molecule has 0 aliphatic carbocycles. The van der Waals surface area contributed by atoms with Crippen LogP contribution < -0.4 is 9.80 Å². The maximum atomic E-state index is 7.27. The second-order valence-electron chi connectivity index (χ2n) is 19.7. The van der Waals surface area contributed by atoms with E-state index in [1.54, 1.807) is 0 Å². The number of aryl methyl sites for hydroxylation is 2. The van der Waals surface area contributed by atoms with E-state index in [9.17, 15) is 0 Å². The van der Waals surface area contributed by atoms with Gasteiger partial charge in [0.1, 0.15) is 22.3 Å². The van der Waals surface area contributed by atoms with E-state index in [2.05, 4.69) is 266 Å². The van der Waals surface area contributed by atoms with Crippen molar-refractivity contribution in [1.82, 2.24) is 0 Å². The molecule has 0 N–H and O–H groups in total. The van der Waals surface area contributed by atoms with E-state index < -0.39 is 0 Å². The van der Waals surface area contributed by atoms with E-state index in [-0.39, 0.29) is 0 Å². The zero-order valence-electron chi connectivity index (χ0n) is 41.2. The number of anilines is 6. The summed E-state index contributed by atoms with van der Waals surface area (Å²) < 4.78 is 21.6. The fourth-order valence-electron chi connectivity index (χ4n) is 11.8. The summed E-state index contributed by atoms with van der Waals surface area (Å²) in [5, 5.41) is 10.4. The quantitative estimate of drug-likeness (QED) is 0.152. The Balaban J connectivity index is 1.01. The fourth-order valence-corrected chi connectivity index (χ4v) is 11.8. The Labute approximate surface area is 432 Å². The molecular weight excluding hydrogens is 917 g/mol. The van der Waals surface area contributed by atoms with Crippen molar-refractivity contribution in [3.05, 3.63) is 254 Å². The summed E-state index contributed by atoms with van der Waals surface area (Å²) in [7, 11) is 0. The monoisotopic (exact) mass is 962 g/mol. The third-order valence-corrected chi connectivity index (χ3v) is 15.1. The molecule has 354 valence electrons. The van der Waals surface area contributed by atoms with Crippen LogP contribution in [0.4, 0.5) is 34.1 Å².